The van der Waals surface area contributed by atoms with Crippen LogP contribution in [0.25, 0.3) is 0 Å². The van der Waals surface area contributed by atoms with Gasteiger partial charge in [-0.15, -0.1) is 0 Å². The summed E-state index contributed by atoms with van der Waals surface area (Å²) in [4.78, 5) is 21.3. The highest BCUT2D eigenvalue weighted by atomic mass is 16.4. The Kier molecular flexibility index (Phi) is 2.86. The number of carboxylic acid groups (broad SMARTS) is 1. The first-order valence-electron chi connectivity index (χ1n) is 3.91. The first-order chi connectivity index (χ1) is 6.50. The van der Waals surface area contributed by atoms with Crippen molar-refractivity contribution in [1.29, 1.82) is 0 Å². The molecule has 0 atom stereocenters. The zero-order chi connectivity index (χ0) is 10.7. The average Bonchev–Trinajstić information content (AvgIpc) is 2.01. The Morgan fingerprint density at radius 3 is 2.50 bits per heavy atom. The second-order valence-corrected chi connectivity index (χ2v) is 2.79. The van der Waals surface area contributed by atoms with Crippen LogP contribution in [0.4, 0.5) is 5.69 Å². The fourth-order valence-corrected chi connectivity index (χ4v) is 1.04. The molecule has 1 amide bonds. The molecule has 1 aromatic carbocycles. The van der Waals surface area contributed by atoms with Gasteiger partial charge >= 0.3 is 5.97 Å². The highest BCUT2D eigenvalue weighted by Gasteiger charge is 2.07. The van der Waals surface area contributed by atoms with Gasteiger partial charge in [0.2, 0.25) is 5.91 Å². The van der Waals surface area contributed by atoms with Crippen LogP contribution in [0, 0.1) is 6.92 Å². The summed E-state index contributed by atoms with van der Waals surface area (Å²) in [7, 11) is 0. The molecule has 0 heterocycles. The third-order valence-electron chi connectivity index (χ3n) is 1.60. The maximum absolute atomic E-state index is 10.7. The standard InChI is InChI=1S/C10H9NO3/c1-6-5-8(11-7(2)12)3-4-9(6)10(13)14/h1,3-5H,2H3,(H,11,12)(H,13,14). The maximum atomic E-state index is 10.7. The average molecular weight is 191 g/mol. The highest BCUT2D eigenvalue weighted by molar-refractivity contribution is 5.92. The second-order valence-electron chi connectivity index (χ2n) is 2.79. The summed E-state index contributed by atoms with van der Waals surface area (Å²) in [6, 6.07) is 4.25. The van der Waals surface area contributed by atoms with Gasteiger partial charge in [0, 0.05) is 12.6 Å². The number of anilines is 1. The number of nitrogens with one attached hydrogen (secondary N) is 1. The number of hydrogen-bond donors (Lipinski definition) is 2. The van der Waals surface area contributed by atoms with Gasteiger partial charge in [0.15, 0.2) is 0 Å². The summed E-state index contributed by atoms with van der Waals surface area (Å²) in [5.74, 6) is -1.32. The van der Waals surface area contributed by atoms with Crippen LogP contribution in [0.2, 0.25) is 0 Å². The number of benzene rings is 1. The van der Waals surface area contributed by atoms with Crippen molar-refractivity contribution in [3.63, 3.8) is 0 Å². The van der Waals surface area contributed by atoms with Gasteiger partial charge in [-0.1, -0.05) is 0 Å². The minimum absolute atomic E-state index is 0.0269. The summed E-state index contributed by atoms with van der Waals surface area (Å²) in [5, 5.41) is 11.2. The van der Waals surface area contributed by atoms with E-state index in [0.29, 0.717) is 5.69 Å². The lowest BCUT2D eigenvalue weighted by atomic mass is 10.1. The molecule has 2 N–H and O–H groups in total. The summed E-state index contributed by atoms with van der Waals surface area (Å²) in [5.41, 5.74) is 0.642. The predicted molar refractivity (Wildman–Crippen MR) is 51.1 cm³/mol. The molecule has 0 bridgehead atoms. The van der Waals surface area contributed by atoms with Gasteiger partial charge in [-0.2, -0.15) is 0 Å². The molecule has 0 fully saturated rings. The molecular weight excluding hydrogens is 182 g/mol. The van der Waals surface area contributed by atoms with E-state index in [-0.39, 0.29) is 17.0 Å². The van der Waals surface area contributed by atoms with Crippen LogP contribution >= 0.6 is 0 Å². The molecule has 4 heteroatoms. The number of rotatable bonds is 2. The van der Waals surface area contributed by atoms with Gasteiger partial charge in [0.05, 0.1) is 5.56 Å². The predicted octanol–water partition coefficient (Wildman–Crippen LogP) is 1.40. The van der Waals surface area contributed by atoms with E-state index in [1.54, 1.807) is 0 Å². The van der Waals surface area contributed by atoms with E-state index >= 15 is 0 Å². The fourth-order valence-electron chi connectivity index (χ4n) is 1.04. The minimum atomic E-state index is -1.09. The van der Waals surface area contributed by atoms with Crippen molar-refractivity contribution in [2.75, 3.05) is 5.32 Å². The van der Waals surface area contributed by atoms with Crippen LogP contribution in [-0.4, -0.2) is 17.0 Å². The van der Waals surface area contributed by atoms with E-state index < -0.39 is 5.97 Å². The quantitative estimate of drug-likeness (QED) is 0.742. The molecule has 0 saturated heterocycles. The Balaban J connectivity index is 3.00. The molecule has 0 aliphatic carbocycles. The van der Waals surface area contributed by atoms with Crippen LogP contribution in [0.15, 0.2) is 18.2 Å². The van der Waals surface area contributed by atoms with E-state index in [2.05, 4.69) is 5.32 Å². The molecule has 14 heavy (non-hydrogen) atoms. The van der Waals surface area contributed by atoms with Crippen molar-refractivity contribution in [3.05, 3.63) is 36.2 Å². The lowest BCUT2D eigenvalue weighted by molar-refractivity contribution is -0.114. The molecule has 0 spiro atoms. The topological polar surface area (TPSA) is 66.4 Å². The third-order valence-corrected chi connectivity index (χ3v) is 1.60. The number of carbonyl (C=O) groups is 2. The number of hydrogen-bond acceptors (Lipinski definition) is 2. The number of carbonyl (C=O) groups excluding carboxylic acids is 1. The van der Waals surface area contributed by atoms with E-state index in [4.69, 9.17) is 12.0 Å². The van der Waals surface area contributed by atoms with Gasteiger partial charge in [0.25, 0.3) is 0 Å². The lowest BCUT2D eigenvalue weighted by Crippen LogP contribution is -2.07. The first-order valence-corrected chi connectivity index (χ1v) is 3.91. The number of aromatic carboxylic acids is 1. The maximum Gasteiger partial charge on any atom is 0.335 e. The van der Waals surface area contributed by atoms with Gasteiger partial charge < -0.3 is 10.4 Å². The Morgan fingerprint density at radius 2 is 2.07 bits per heavy atom. The van der Waals surface area contributed by atoms with Crippen molar-refractivity contribution in [2.24, 2.45) is 0 Å². The highest BCUT2D eigenvalue weighted by Crippen LogP contribution is 2.14. The molecular formula is C10H9NO3. The molecule has 4 nitrogen and oxygen atoms in total. The Labute approximate surface area is 81.6 Å². The van der Waals surface area contributed by atoms with E-state index in [1.165, 1.54) is 25.1 Å². The Hall–Kier alpha value is -1.84. The van der Waals surface area contributed by atoms with E-state index in [1.807, 2.05) is 0 Å². The molecule has 0 saturated carbocycles. The van der Waals surface area contributed by atoms with Gasteiger partial charge in [-0.05, 0) is 30.7 Å². The third kappa shape index (κ3) is 2.32. The van der Waals surface area contributed by atoms with Crippen LogP contribution in [0.1, 0.15) is 22.8 Å². The lowest BCUT2D eigenvalue weighted by Gasteiger charge is -2.05. The Morgan fingerprint density at radius 1 is 1.43 bits per heavy atom. The fraction of sp³-hybridized carbons (Fsp3) is 0.100. The van der Waals surface area contributed by atoms with Crippen LogP contribution in [0.5, 0.6) is 0 Å². The molecule has 0 aromatic heterocycles. The SMILES string of the molecule is [CH]c1cc(NC(C)=O)ccc1C(=O)O. The largest absolute Gasteiger partial charge is 0.478 e. The number of amides is 1. The minimum Gasteiger partial charge on any atom is -0.478 e. The normalized spacial score (nSPS) is 9.57. The van der Waals surface area contributed by atoms with E-state index in [9.17, 15) is 9.59 Å². The molecule has 0 unspecified atom stereocenters. The zero-order valence-electron chi connectivity index (χ0n) is 7.57. The zero-order valence-corrected chi connectivity index (χ0v) is 7.57. The molecule has 1 aromatic rings. The van der Waals surface area contributed by atoms with Crippen LogP contribution in [0.3, 0.4) is 0 Å². The summed E-state index contributed by atoms with van der Waals surface area (Å²) >= 11 is 0. The van der Waals surface area contributed by atoms with Crippen molar-refractivity contribution < 1.29 is 14.7 Å². The van der Waals surface area contributed by atoms with Gasteiger partial charge in [-0.3, -0.25) is 4.79 Å². The van der Waals surface area contributed by atoms with Crippen molar-refractivity contribution >= 4 is 17.6 Å². The summed E-state index contributed by atoms with van der Waals surface area (Å²) in [6.45, 7) is 6.83. The molecule has 72 valence electrons. The van der Waals surface area contributed by atoms with Crippen molar-refractivity contribution in [1.82, 2.24) is 0 Å². The summed E-state index contributed by atoms with van der Waals surface area (Å²) < 4.78 is 0. The molecule has 1 rings (SSSR count). The van der Waals surface area contributed by atoms with E-state index in [0.717, 1.165) is 0 Å². The van der Waals surface area contributed by atoms with Crippen LogP contribution in [-0.2, 0) is 4.79 Å². The molecule has 2 radical (unpaired) electrons. The monoisotopic (exact) mass is 191 g/mol. The van der Waals surface area contributed by atoms with Gasteiger partial charge in [-0.25, -0.2) is 4.79 Å². The molecule has 0 aliphatic rings. The van der Waals surface area contributed by atoms with Gasteiger partial charge in [0.1, 0.15) is 0 Å². The summed E-state index contributed by atoms with van der Waals surface area (Å²) in [6.07, 6.45) is 0. The second kappa shape index (κ2) is 3.91. The van der Waals surface area contributed by atoms with Crippen molar-refractivity contribution in [3.8, 4) is 0 Å². The number of carboxylic acids is 1. The smallest absolute Gasteiger partial charge is 0.335 e. The first kappa shape index (κ1) is 10.2. The van der Waals surface area contributed by atoms with Crippen LogP contribution < -0.4 is 5.32 Å². The van der Waals surface area contributed by atoms with Crippen molar-refractivity contribution in [2.45, 2.75) is 6.92 Å². The Bertz CT molecular complexity index is 385. The molecule has 0 aliphatic heterocycles.